The first-order chi connectivity index (χ1) is 7.72. The number of thiazole rings is 1. The quantitative estimate of drug-likeness (QED) is 0.937. The normalized spacial score (nSPS) is 10.7. The SMILES string of the molecule is NCCc1nc(-c2ccccc2Br)sc1Cl. The van der Waals surface area contributed by atoms with Crippen molar-refractivity contribution < 1.29 is 0 Å². The van der Waals surface area contributed by atoms with Crippen LogP contribution in [0, 0.1) is 0 Å². The zero-order chi connectivity index (χ0) is 11.5. The van der Waals surface area contributed by atoms with Gasteiger partial charge in [-0.2, -0.15) is 0 Å². The van der Waals surface area contributed by atoms with Crippen molar-refractivity contribution in [1.29, 1.82) is 0 Å². The molecule has 16 heavy (non-hydrogen) atoms. The Kier molecular flexibility index (Phi) is 3.97. The molecule has 2 N–H and O–H groups in total. The van der Waals surface area contributed by atoms with E-state index in [1.165, 1.54) is 11.3 Å². The Hall–Kier alpha value is -0.420. The summed E-state index contributed by atoms with van der Waals surface area (Å²) in [6, 6.07) is 7.97. The first-order valence-corrected chi connectivity index (χ1v) is 6.81. The van der Waals surface area contributed by atoms with Gasteiger partial charge in [0, 0.05) is 16.5 Å². The Labute approximate surface area is 112 Å². The molecule has 84 valence electrons. The predicted molar refractivity (Wildman–Crippen MR) is 73.0 cm³/mol. The summed E-state index contributed by atoms with van der Waals surface area (Å²) in [6.07, 6.45) is 0.722. The molecule has 0 aliphatic carbocycles. The average molecular weight is 318 g/mol. The molecule has 1 aromatic carbocycles. The molecule has 5 heteroatoms. The lowest BCUT2D eigenvalue weighted by Gasteiger charge is -1.98. The van der Waals surface area contributed by atoms with Crippen LogP contribution in [-0.4, -0.2) is 11.5 Å². The maximum Gasteiger partial charge on any atom is 0.126 e. The number of halogens is 2. The fraction of sp³-hybridized carbons (Fsp3) is 0.182. The van der Waals surface area contributed by atoms with Crippen molar-refractivity contribution >= 4 is 38.9 Å². The molecule has 0 fully saturated rings. The van der Waals surface area contributed by atoms with Gasteiger partial charge in [-0.1, -0.05) is 45.7 Å². The van der Waals surface area contributed by atoms with Crippen LogP contribution in [0.15, 0.2) is 28.7 Å². The molecule has 0 saturated heterocycles. The topological polar surface area (TPSA) is 38.9 Å². The third-order valence-electron chi connectivity index (χ3n) is 2.14. The zero-order valence-corrected chi connectivity index (χ0v) is 11.6. The van der Waals surface area contributed by atoms with Crippen molar-refractivity contribution in [2.75, 3.05) is 6.54 Å². The molecule has 0 amide bonds. The van der Waals surface area contributed by atoms with Gasteiger partial charge in [0.25, 0.3) is 0 Å². The molecule has 1 aromatic heterocycles. The number of benzene rings is 1. The number of nitrogens with two attached hydrogens (primary N) is 1. The van der Waals surface area contributed by atoms with Crippen molar-refractivity contribution in [3.63, 3.8) is 0 Å². The van der Waals surface area contributed by atoms with E-state index in [0.29, 0.717) is 6.54 Å². The van der Waals surface area contributed by atoms with Crippen LogP contribution in [0.5, 0.6) is 0 Å². The monoisotopic (exact) mass is 316 g/mol. The minimum atomic E-state index is 0.568. The second kappa shape index (κ2) is 5.27. The van der Waals surface area contributed by atoms with E-state index in [1.54, 1.807) is 0 Å². The third-order valence-corrected chi connectivity index (χ3v) is 4.20. The molecule has 0 aliphatic heterocycles. The van der Waals surface area contributed by atoms with E-state index in [1.807, 2.05) is 24.3 Å². The maximum absolute atomic E-state index is 6.11. The molecule has 2 aromatic rings. The van der Waals surface area contributed by atoms with Gasteiger partial charge >= 0.3 is 0 Å². The lowest BCUT2D eigenvalue weighted by atomic mass is 10.2. The second-order valence-corrected chi connectivity index (χ2v) is 5.71. The highest BCUT2D eigenvalue weighted by atomic mass is 79.9. The summed E-state index contributed by atoms with van der Waals surface area (Å²) in [6.45, 7) is 0.568. The molecule has 1 heterocycles. The van der Waals surface area contributed by atoms with Crippen LogP contribution in [0.1, 0.15) is 5.69 Å². The van der Waals surface area contributed by atoms with Crippen molar-refractivity contribution in [3.8, 4) is 10.6 Å². The number of rotatable bonds is 3. The Morgan fingerprint density at radius 2 is 2.12 bits per heavy atom. The van der Waals surface area contributed by atoms with E-state index in [-0.39, 0.29) is 0 Å². The van der Waals surface area contributed by atoms with Crippen LogP contribution in [0.25, 0.3) is 10.6 Å². The Morgan fingerprint density at radius 1 is 1.38 bits per heavy atom. The van der Waals surface area contributed by atoms with Gasteiger partial charge in [-0.3, -0.25) is 0 Å². The summed E-state index contributed by atoms with van der Waals surface area (Å²) in [5.41, 5.74) is 7.46. The van der Waals surface area contributed by atoms with E-state index in [2.05, 4.69) is 20.9 Å². The van der Waals surface area contributed by atoms with Gasteiger partial charge in [-0.05, 0) is 12.6 Å². The molecule has 0 atom stereocenters. The molecule has 0 radical (unpaired) electrons. The van der Waals surface area contributed by atoms with Crippen LogP contribution in [0.3, 0.4) is 0 Å². The van der Waals surface area contributed by atoms with E-state index in [0.717, 1.165) is 31.5 Å². The van der Waals surface area contributed by atoms with Gasteiger partial charge in [0.15, 0.2) is 0 Å². The van der Waals surface area contributed by atoms with Crippen molar-refractivity contribution in [1.82, 2.24) is 4.98 Å². The lowest BCUT2D eigenvalue weighted by Crippen LogP contribution is -2.03. The fourth-order valence-corrected chi connectivity index (χ4v) is 3.21. The van der Waals surface area contributed by atoms with Crippen LogP contribution >= 0.6 is 38.9 Å². The molecular weight excluding hydrogens is 308 g/mol. The minimum absolute atomic E-state index is 0.568. The van der Waals surface area contributed by atoms with E-state index in [4.69, 9.17) is 17.3 Å². The lowest BCUT2D eigenvalue weighted by molar-refractivity contribution is 0.936. The van der Waals surface area contributed by atoms with E-state index < -0.39 is 0 Å². The Bertz CT molecular complexity index is 498. The molecule has 0 aliphatic rings. The third kappa shape index (κ3) is 2.46. The largest absolute Gasteiger partial charge is 0.330 e. The number of aromatic nitrogens is 1. The molecule has 0 saturated carbocycles. The number of hydrogen-bond donors (Lipinski definition) is 1. The first-order valence-electron chi connectivity index (χ1n) is 4.82. The summed E-state index contributed by atoms with van der Waals surface area (Å²) in [7, 11) is 0. The summed E-state index contributed by atoms with van der Waals surface area (Å²) < 4.78 is 1.76. The summed E-state index contributed by atoms with van der Waals surface area (Å²) in [4.78, 5) is 4.51. The zero-order valence-electron chi connectivity index (χ0n) is 8.41. The van der Waals surface area contributed by atoms with Crippen LogP contribution in [0.4, 0.5) is 0 Å². The highest BCUT2D eigenvalue weighted by molar-refractivity contribution is 9.10. The Balaban J connectivity index is 2.42. The smallest absolute Gasteiger partial charge is 0.126 e. The molecule has 2 nitrogen and oxygen atoms in total. The summed E-state index contributed by atoms with van der Waals surface area (Å²) in [5, 5.41) is 0.931. The van der Waals surface area contributed by atoms with Crippen molar-refractivity contribution in [2.24, 2.45) is 5.73 Å². The molecule has 0 spiro atoms. The van der Waals surface area contributed by atoms with E-state index >= 15 is 0 Å². The molecule has 0 unspecified atom stereocenters. The standard InChI is InChI=1S/C11H10BrClN2S/c12-8-4-2-1-3-7(8)11-15-9(5-6-14)10(13)16-11/h1-4H,5-6,14H2. The number of nitrogens with zero attached hydrogens (tertiary/aromatic N) is 1. The van der Waals surface area contributed by atoms with Crippen LogP contribution < -0.4 is 5.73 Å². The fourth-order valence-electron chi connectivity index (χ4n) is 1.37. The van der Waals surface area contributed by atoms with Gasteiger partial charge in [0.1, 0.15) is 9.34 Å². The molecular formula is C11H10BrClN2S. The predicted octanol–water partition coefficient (Wildman–Crippen LogP) is 3.73. The second-order valence-electron chi connectivity index (χ2n) is 3.26. The average Bonchev–Trinajstić information content (AvgIpc) is 2.61. The number of hydrogen-bond acceptors (Lipinski definition) is 3. The molecule has 0 bridgehead atoms. The summed E-state index contributed by atoms with van der Waals surface area (Å²) >= 11 is 11.1. The highest BCUT2D eigenvalue weighted by Crippen LogP contribution is 2.35. The van der Waals surface area contributed by atoms with E-state index in [9.17, 15) is 0 Å². The first kappa shape index (κ1) is 12.0. The summed E-state index contributed by atoms with van der Waals surface area (Å²) in [5.74, 6) is 0. The van der Waals surface area contributed by atoms with Gasteiger partial charge in [-0.25, -0.2) is 4.98 Å². The van der Waals surface area contributed by atoms with Gasteiger partial charge in [0.05, 0.1) is 5.69 Å². The highest BCUT2D eigenvalue weighted by Gasteiger charge is 2.11. The Morgan fingerprint density at radius 3 is 2.81 bits per heavy atom. The maximum atomic E-state index is 6.11. The van der Waals surface area contributed by atoms with Crippen molar-refractivity contribution in [3.05, 3.63) is 38.8 Å². The van der Waals surface area contributed by atoms with Crippen LogP contribution in [0.2, 0.25) is 4.34 Å². The van der Waals surface area contributed by atoms with Gasteiger partial charge in [-0.15, -0.1) is 11.3 Å². The van der Waals surface area contributed by atoms with Gasteiger partial charge in [0.2, 0.25) is 0 Å². The van der Waals surface area contributed by atoms with Gasteiger partial charge < -0.3 is 5.73 Å². The van der Waals surface area contributed by atoms with Crippen LogP contribution in [-0.2, 0) is 6.42 Å². The van der Waals surface area contributed by atoms with Crippen molar-refractivity contribution in [2.45, 2.75) is 6.42 Å². The molecule has 2 rings (SSSR count). The minimum Gasteiger partial charge on any atom is -0.330 e.